The number of aliphatic imine (C=N–C) groups is 4. The molecule has 2 fully saturated rings. The summed E-state index contributed by atoms with van der Waals surface area (Å²) >= 11 is 1.84. The molecule has 45 heavy (non-hydrogen) atoms. The van der Waals surface area contributed by atoms with Crippen molar-refractivity contribution in [2.75, 3.05) is 12.3 Å². The van der Waals surface area contributed by atoms with Gasteiger partial charge in [-0.1, -0.05) is 19.3 Å². The van der Waals surface area contributed by atoms with Crippen molar-refractivity contribution in [3.05, 3.63) is 0 Å². The van der Waals surface area contributed by atoms with Crippen molar-refractivity contribution in [3.63, 3.8) is 0 Å². The average molecular weight is 717 g/mol. The Morgan fingerprint density at radius 2 is 1.82 bits per heavy atom. The molecule has 0 aliphatic carbocycles. The number of phosphoric acid groups is 3. The molecule has 4 aliphatic heterocycles. The van der Waals surface area contributed by atoms with E-state index in [0.29, 0.717) is 37.5 Å². The first kappa shape index (κ1) is 35.8. The summed E-state index contributed by atoms with van der Waals surface area (Å²) in [5.74, 6) is 0.146. The number of hydrogen-bond acceptors (Lipinski definition) is 14. The van der Waals surface area contributed by atoms with Gasteiger partial charge in [-0.3, -0.25) is 4.79 Å². The minimum absolute atomic E-state index is 0.0182. The normalized spacial score (nSPS) is 28.1. The number of carbonyl (C=O) groups excluding carboxylic acids is 2. The Kier molecular flexibility index (Phi) is 11.8. The number of hydrogen-bond donors (Lipinski definition) is 8. The van der Waals surface area contributed by atoms with Gasteiger partial charge in [0.05, 0.1) is 17.8 Å². The highest BCUT2D eigenvalue weighted by Crippen LogP contribution is 2.67. The number of amides is 3. The Morgan fingerprint density at radius 1 is 1.07 bits per heavy atom. The first-order valence-electron chi connectivity index (χ1n) is 13.9. The fourth-order valence-corrected chi connectivity index (χ4v) is 9.89. The molecule has 24 heteroatoms. The van der Waals surface area contributed by atoms with Crippen LogP contribution in [-0.2, 0) is 31.6 Å². The number of fused-ring (bicyclic) bond motifs is 2. The van der Waals surface area contributed by atoms with Gasteiger partial charge in [-0.15, -0.1) is 0 Å². The van der Waals surface area contributed by atoms with E-state index in [1.54, 1.807) is 0 Å². The van der Waals surface area contributed by atoms with E-state index < -0.39 is 35.2 Å². The quantitative estimate of drug-likeness (QED) is 0.0558. The molecule has 4 aliphatic rings. The number of nitrogens with two attached hydrogens (primary N) is 1. The number of unbranched alkanes of at least 4 members (excludes halogenated alkanes) is 4. The second-order valence-corrected chi connectivity index (χ2v) is 16.1. The van der Waals surface area contributed by atoms with Gasteiger partial charge in [0.25, 0.3) is 5.72 Å². The smallest absolute Gasteiger partial charge is 0.368 e. The molecule has 2 saturated heterocycles. The lowest BCUT2D eigenvalue weighted by molar-refractivity contribution is -0.121. The average Bonchev–Trinajstić information content (AvgIpc) is 3.55. The summed E-state index contributed by atoms with van der Waals surface area (Å²) in [4.78, 5) is 76.4. The number of urea groups is 1. The molecule has 0 radical (unpaired) electrons. The molecule has 3 unspecified atom stereocenters. The monoisotopic (exact) mass is 716 g/mol. The predicted octanol–water partition coefficient (Wildman–Crippen LogP) is 1.03. The van der Waals surface area contributed by atoms with Crippen molar-refractivity contribution in [2.45, 2.75) is 80.8 Å². The topological polar surface area (TPSA) is 306 Å². The third-order valence-corrected chi connectivity index (χ3v) is 12.3. The molecule has 0 saturated carbocycles. The molecule has 6 atom stereocenters. The van der Waals surface area contributed by atoms with Crippen LogP contribution in [0.1, 0.15) is 57.8 Å². The third kappa shape index (κ3) is 10.2. The van der Waals surface area contributed by atoms with Crippen molar-refractivity contribution < 1.29 is 56.0 Å². The molecule has 0 aromatic heterocycles. The molecule has 9 N–H and O–H groups in total. The summed E-state index contributed by atoms with van der Waals surface area (Å²) in [5, 5.41) is 9.14. The fourth-order valence-electron chi connectivity index (χ4n) is 5.14. The van der Waals surface area contributed by atoms with E-state index in [1.807, 2.05) is 11.8 Å². The summed E-state index contributed by atoms with van der Waals surface area (Å²) in [7, 11) is -17.0. The minimum atomic E-state index is -5.78. The lowest BCUT2D eigenvalue weighted by atomic mass is 9.99. The first-order valence-corrected chi connectivity index (χ1v) is 19.5. The van der Waals surface area contributed by atoms with Crippen molar-refractivity contribution in [2.24, 2.45) is 25.7 Å². The fraction of sp³-hybridized carbons (Fsp3) is 0.714. The van der Waals surface area contributed by atoms with Crippen molar-refractivity contribution >= 4 is 71.0 Å². The maximum atomic E-state index is 12.6. The van der Waals surface area contributed by atoms with Crippen LogP contribution < -0.4 is 21.7 Å². The standard InChI is InChI=1S/C21H35N8O12P3S/c22-19-28-18-21(29-19,39-43(35,36)41-44(37,38)40-42(32,33)34)15(24-12-25-18)8-3-1-2-6-10-23-16(30)9-5-4-7-14-17-13(11-45-14)26-20(31)27-17/h12-14,17H,1-11H2,(H2,22,29)(H,23,30)(H,35,36)(H,37,38)(H2,26,27,31)(H2,32,33,34)/t13-,14-,17-,21?/m0/s1. The molecular formula is C21H35N8O12P3S. The second-order valence-electron chi connectivity index (χ2n) is 10.4. The van der Waals surface area contributed by atoms with Crippen LogP contribution >= 0.6 is 35.2 Å². The minimum Gasteiger partial charge on any atom is -0.368 e. The zero-order valence-electron chi connectivity index (χ0n) is 23.8. The summed E-state index contributed by atoms with van der Waals surface area (Å²) < 4.78 is 47.9. The molecule has 4 heterocycles. The van der Waals surface area contributed by atoms with Crippen molar-refractivity contribution in [3.8, 4) is 0 Å². The maximum absolute atomic E-state index is 12.6. The third-order valence-electron chi connectivity index (χ3n) is 6.99. The van der Waals surface area contributed by atoms with Crippen LogP contribution in [-0.4, -0.2) is 90.7 Å². The van der Waals surface area contributed by atoms with Crippen LogP contribution in [0.15, 0.2) is 20.0 Å². The largest absolute Gasteiger partial charge is 0.490 e. The van der Waals surface area contributed by atoms with Crippen LogP contribution in [0, 0.1) is 0 Å². The molecule has 4 rings (SSSR count). The van der Waals surface area contributed by atoms with Gasteiger partial charge in [-0.05, 0) is 32.1 Å². The van der Waals surface area contributed by atoms with Crippen LogP contribution in [0.25, 0.3) is 0 Å². The van der Waals surface area contributed by atoms with Gasteiger partial charge in [0.15, 0.2) is 5.84 Å². The molecule has 252 valence electrons. The number of nitrogens with zero attached hydrogens (tertiary/aromatic N) is 4. The van der Waals surface area contributed by atoms with Gasteiger partial charge in [0.2, 0.25) is 11.9 Å². The van der Waals surface area contributed by atoms with E-state index in [9.17, 15) is 33.1 Å². The first-order chi connectivity index (χ1) is 21.1. The lowest BCUT2D eigenvalue weighted by Crippen LogP contribution is -2.46. The second kappa shape index (κ2) is 14.8. The zero-order valence-corrected chi connectivity index (χ0v) is 27.3. The molecule has 20 nitrogen and oxygen atoms in total. The summed E-state index contributed by atoms with van der Waals surface area (Å²) in [6.07, 6.45) is 6.76. The number of guanidine groups is 1. The van der Waals surface area contributed by atoms with E-state index >= 15 is 0 Å². The SMILES string of the molecule is NC1=NC2(OP(=O)(O)OP(=O)(O)OP(=O)(O)O)C(CCCCCCNC(=O)CCCC[C@@H]3SC[C@@H]4NC(=O)N[C@@H]43)=NC=NC2=N1. The van der Waals surface area contributed by atoms with E-state index in [1.165, 1.54) is 0 Å². The molecule has 0 aromatic carbocycles. The van der Waals surface area contributed by atoms with Gasteiger partial charge in [-0.25, -0.2) is 38.0 Å². The number of thioether (sulfide) groups is 1. The van der Waals surface area contributed by atoms with Crippen molar-refractivity contribution in [1.29, 1.82) is 0 Å². The molecule has 0 spiro atoms. The molecule has 3 amide bonds. The van der Waals surface area contributed by atoms with Gasteiger partial charge in [0, 0.05) is 24.0 Å². The zero-order chi connectivity index (χ0) is 32.9. The Bertz CT molecular complexity index is 1420. The Morgan fingerprint density at radius 3 is 2.58 bits per heavy atom. The molecular weight excluding hydrogens is 681 g/mol. The highest BCUT2D eigenvalue weighted by atomic mass is 32.2. The van der Waals surface area contributed by atoms with Gasteiger partial charge in [0.1, 0.15) is 6.34 Å². The Labute approximate surface area is 261 Å². The van der Waals surface area contributed by atoms with E-state index in [0.717, 1.165) is 37.8 Å². The highest BCUT2D eigenvalue weighted by Gasteiger charge is 2.54. The van der Waals surface area contributed by atoms with E-state index in [4.69, 9.17) is 20.0 Å². The lowest BCUT2D eigenvalue weighted by Gasteiger charge is -2.30. The predicted molar refractivity (Wildman–Crippen MR) is 163 cm³/mol. The Balaban J connectivity index is 1.16. The highest BCUT2D eigenvalue weighted by molar-refractivity contribution is 8.00. The van der Waals surface area contributed by atoms with Crippen LogP contribution in [0.3, 0.4) is 0 Å². The van der Waals surface area contributed by atoms with E-state index in [2.05, 4.69) is 44.5 Å². The van der Waals surface area contributed by atoms with Gasteiger partial charge < -0.3 is 41.3 Å². The van der Waals surface area contributed by atoms with Crippen molar-refractivity contribution in [1.82, 2.24) is 16.0 Å². The van der Waals surface area contributed by atoms with Gasteiger partial charge >= 0.3 is 29.5 Å². The summed E-state index contributed by atoms with van der Waals surface area (Å²) in [5.41, 5.74) is 3.38. The number of nitrogens with one attached hydrogen (secondary N) is 3. The Hall–Kier alpha value is -2.02. The molecule has 0 bridgehead atoms. The molecule has 0 aromatic rings. The number of rotatable bonds is 18. The van der Waals surface area contributed by atoms with Crippen LogP contribution in [0.4, 0.5) is 4.79 Å². The summed E-state index contributed by atoms with van der Waals surface area (Å²) in [6.45, 7) is 0.486. The van der Waals surface area contributed by atoms with Crippen LogP contribution in [0.5, 0.6) is 0 Å². The van der Waals surface area contributed by atoms with Gasteiger partial charge in [-0.2, -0.15) is 25.4 Å². The maximum Gasteiger partial charge on any atom is 0.490 e. The summed E-state index contributed by atoms with van der Waals surface area (Å²) in [6, 6.07) is 0.226. The van der Waals surface area contributed by atoms with E-state index in [-0.39, 0.29) is 42.0 Å². The number of carbonyl (C=O) groups is 2. The number of amidine groups is 1. The van der Waals surface area contributed by atoms with Crippen LogP contribution in [0.2, 0.25) is 0 Å². The number of phosphoric ester groups is 1.